The van der Waals surface area contributed by atoms with Crippen LogP contribution < -0.4 is 14.9 Å². The van der Waals surface area contributed by atoms with Gasteiger partial charge in [-0.15, -0.1) is 0 Å². The second-order valence-corrected chi connectivity index (χ2v) is 6.13. The number of ether oxygens (including phenoxy) is 2. The van der Waals surface area contributed by atoms with Crippen LogP contribution in [0, 0.1) is 13.8 Å². The second-order valence-electron chi connectivity index (χ2n) is 6.13. The van der Waals surface area contributed by atoms with Crippen LogP contribution in [0.3, 0.4) is 0 Å². The number of hydrogen-bond donors (Lipinski definition) is 1. The maximum absolute atomic E-state index is 12.4. The van der Waals surface area contributed by atoms with Crippen molar-refractivity contribution in [3.63, 3.8) is 0 Å². The van der Waals surface area contributed by atoms with Crippen LogP contribution in [-0.2, 0) is 0 Å². The Hall–Kier alpha value is -3.61. The highest BCUT2D eigenvalue weighted by Crippen LogP contribution is 2.22. The molecule has 3 rings (SSSR count). The van der Waals surface area contributed by atoms with E-state index in [0.29, 0.717) is 17.1 Å². The highest BCUT2D eigenvalue weighted by molar-refractivity contribution is 5.95. The van der Waals surface area contributed by atoms with E-state index in [9.17, 15) is 4.79 Å². The van der Waals surface area contributed by atoms with E-state index in [4.69, 9.17) is 9.47 Å². The zero-order chi connectivity index (χ0) is 20.1. The fourth-order valence-corrected chi connectivity index (χ4v) is 2.82. The molecule has 0 aliphatic carbocycles. The number of aryl methyl sites for hydroxylation is 1. The number of carbonyl (C=O) groups excluding carboxylic acids is 1. The molecule has 0 unspecified atom stereocenters. The number of carbonyl (C=O) groups is 1. The molecule has 144 valence electrons. The number of nitrogens with zero attached hydrogens (tertiary/aromatic N) is 3. The summed E-state index contributed by atoms with van der Waals surface area (Å²) in [6.07, 6.45) is 1.60. The molecule has 0 radical (unpaired) electrons. The fraction of sp³-hybridized carbons (Fsp3) is 0.190. The number of nitrogens with one attached hydrogen (secondary N) is 1. The van der Waals surface area contributed by atoms with Crippen LogP contribution in [0.15, 0.2) is 53.6 Å². The zero-order valence-electron chi connectivity index (χ0n) is 16.3. The summed E-state index contributed by atoms with van der Waals surface area (Å²) in [5.74, 6) is 0.702. The minimum atomic E-state index is -0.362. The van der Waals surface area contributed by atoms with Gasteiger partial charge >= 0.3 is 0 Å². The van der Waals surface area contributed by atoms with Crippen LogP contribution >= 0.6 is 0 Å². The Bertz CT molecular complexity index is 988. The molecule has 1 heterocycles. The maximum Gasteiger partial charge on any atom is 0.271 e. The first kappa shape index (κ1) is 19.2. The molecule has 0 saturated carbocycles. The Balaban J connectivity index is 1.78. The average Bonchev–Trinajstić information content (AvgIpc) is 3.02. The summed E-state index contributed by atoms with van der Waals surface area (Å²) >= 11 is 0. The van der Waals surface area contributed by atoms with Gasteiger partial charge in [0, 0.05) is 17.2 Å². The molecule has 0 atom stereocenters. The number of hydrogen-bond acceptors (Lipinski definition) is 5. The molecule has 0 aliphatic rings. The molecule has 1 amide bonds. The second kappa shape index (κ2) is 8.39. The number of rotatable bonds is 6. The van der Waals surface area contributed by atoms with E-state index >= 15 is 0 Å². The smallest absolute Gasteiger partial charge is 0.271 e. The molecule has 0 aliphatic heterocycles. The van der Waals surface area contributed by atoms with Crippen molar-refractivity contribution in [2.45, 2.75) is 13.8 Å². The Morgan fingerprint density at radius 2 is 1.71 bits per heavy atom. The minimum absolute atomic E-state index is 0.362. The third-order valence-corrected chi connectivity index (χ3v) is 4.32. The summed E-state index contributed by atoms with van der Waals surface area (Å²) in [6.45, 7) is 3.87. The van der Waals surface area contributed by atoms with E-state index in [2.05, 4.69) is 15.6 Å². The lowest BCUT2D eigenvalue weighted by Gasteiger charge is -2.07. The van der Waals surface area contributed by atoms with Crippen molar-refractivity contribution in [2.75, 3.05) is 14.2 Å². The Labute approximate surface area is 163 Å². The standard InChI is InChI=1S/C21H22N4O3/c1-14-20(15(2)25(24-14)17-8-6-5-7-9-17)13-22-23-21(26)16-10-18(27-3)12-19(11-16)28-4/h5-13H,1-4H3,(H,23,26)/b22-13-. The number of para-hydroxylation sites is 1. The lowest BCUT2D eigenvalue weighted by atomic mass is 10.2. The van der Waals surface area contributed by atoms with Crippen LogP contribution in [-0.4, -0.2) is 36.1 Å². The van der Waals surface area contributed by atoms with Gasteiger partial charge in [-0.2, -0.15) is 10.2 Å². The molecule has 7 nitrogen and oxygen atoms in total. The lowest BCUT2D eigenvalue weighted by Crippen LogP contribution is -2.18. The SMILES string of the molecule is COc1cc(OC)cc(C(=O)N/N=C\c2c(C)nn(-c3ccccc3)c2C)c1. The molecular formula is C21H22N4O3. The van der Waals surface area contributed by atoms with Gasteiger partial charge in [0.15, 0.2) is 0 Å². The van der Waals surface area contributed by atoms with Gasteiger partial charge in [-0.1, -0.05) is 18.2 Å². The van der Waals surface area contributed by atoms with E-state index in [1.54, 1.807) is 24.4 Å². The Morgan fingerprint density at radius 1 is 1.07 bits per heavy atom. The Kier molecular flexibility index (Phi) is 5.74. The monoisotopic (exact) mass is 378 g/mol. The van der Waals surface area contributed by atoms with Crippen LogP contribution in [0.2, 0.25) is 0 Å². The van der Waals surface area contributed by atoms with E-state index in [-0.39, 0.29) is 5.91 Å². The van der Waals surface area contributed by atoms with Crippen molar-refractivity contribution < 1.29 is 14.3 Å². The molecule has 1 N–H and O–H groups in total. The summed E-state index contributed by atoms with van der Waals surface area (Å²) in [6, 6.07) is 14.8. The molecule has 7 heteroatoms. The predicted octanol–water partition coefficient (Wildman–Crippen LogP) is 3.27. The summed E-state index contributed by atoms with van der Waals surface area (Å²) in [7, 11) is 3.06. The van der Waals surface area contributed by atoms with Crippen LogP contribution in [0.25, 0.3) is 5.69 Å². The van der Waals surface area contributed by atoms with Crippen molar-refractivity contribution >= 4 is 12.1 Å². The van der Waals surface area contributed by atoms with Crippen molar-refractivity contribution in [3.05, 3.63) is 71.0 Å². The van der Waals surface area contributed by atoms with E-state index in [1.165, 1.54) is 14.2 Å². The number of benzene rings is 2. The third kappa shape index (κ3) is 4.03. The number of hydrazone groups is 1. The third-order valence-electron chi connectivity index (χ3n) is 4.32. The van der Waals surface area contributed by atoms with Crippen LogP contribution in [0.1, 0.15) is 27.3 Å². The molecule has 0 bridgehead atoms. The van der Waals surface area contributed by atoms with E-state index in [1.807, 2.05) is 48.9 Å². The lowest BCUT2D eigenvalue weighted by molar-refractivity contribution is 0.0954. The van der Waals surface area contributed by atoms with Crippen molar-refractivity contribution in [1.29, 1.82) is 0 Å². The van der Waals surface area contributed by atoms with Crippen molar-refractivity contribution in [1.82, 2.24) is 15.2 Å². The van der Waals surface area contributed by atoms with E-state index < -0.39 is 0 Å². The van der Waals surface area contributed by atoms with Gasteiger partial charge in [0.25, 0.3) is 5.91 Å². The Morgan fingerprint density at radius 3 is 2.32 bits per heavy atom. The highest BCUT2D eigenvalue weighted by atomic mass is 16.5. The first-order valence-corrected chi connectivity index (χ1v) is 8.71. The number of aromatic nitrogens is 2. The zero-order valence-corrected chi connectivity index (χ0v) is 16.3. The highest BCUT2D eigenvalue weighted by Gasteiger charge is 2.12. The summed E-state index contributed by atoms with van der Waals surface area (Å²) in [5.41, 5.74) is 6.50. The first-order chi connectivity index (χ1) is 13.5. The summed E-state index contributed by atoms with van der Waals surface area (Å²) in [4.78, 5) is 12.4. The summed E-state index contributed by atoms with van der Waals surface area (Å²) in [5, 5.41) is 8.66. The molecule has 2 aromatic carbocycles. The normalized spacial score (nSPS) is 10.9. The molecule has 3 aromatic rings. The van der Waals surface area contributed by atoms with Gasteiger partial charge in [0.05, 0.1) is 37.5 Å². The predicted molar refractivity (Wildman–Crippen MR) is 108 cm³/mol. The van der Waals surface area contributed by atoms with Crippen LogP contribution in [0.4, 0.5) is 0 Å². The van der Waals surface area contributed by atoms with Crippen molar-refractivity contribution in [2.24, 2.45) is 5.10 Å². The van der Waals surface area contributed by atoms with Gasteiger partial charge in [-0.3, -0.25) is 4.79 Å². The first-order valence-electron chi connectivity index (χ1n) is 8.71. The van der Waals surface area contributed by atoms with Crippen LogP contribution in [0.5, 0.6) is 11.5 Å². The molecule has 1 aromatic heterocycles. The van der Waals surface area contributed by atoms with E-state index in [0.717, 1.165) is 22.6 Å². The largest absolute Gasteiger partial charge is 0.497 e. The molecule has 0 spiro atoms. The summed E-state index contributed by atoms with van der Waals surface area (Å²) < 4.78 is 12.2. The average molecular weight is 378 g/mol. The van der Waals surface area contributed by atoms with Gasteiger partial charge in [-0.25, -0.2) is 10.1 Å². The molecule has 28 heavy (non-hydrogen) atoms. The van der Waals surface area contributed by atoms with Gasteiger partial charge in [0.2, 0.25) is 0 Å². The number of amides is 1. The number of methoxy groups -OCH3 is 2. The molecule has 0 saturated heterocycles. The minimum Gasteiger partial charge on any atom is -0.497 e. The van der Waals surface area contributed by atoms with Gasteiger partial charge < -0.3 is 9.47 Å². The van der Waals surface area contributed by atoms with Gasteiger partial charge in [-0.05, 0) is 38.1 Å². The quantitative estimate of drug-likeness (QED) is 0.527. The van der Waals surface area contributed by atoms with Crippen molar-refractivity contribution in [3.8, 4) is 17.2 Å². The molecule has 0 fully saturated rings. The fourth-order valence-electron chi connectivity index (χ4n) is 2.82. The maximum atomic E-state index is 12.4. The topological polar surface area (TPSA) is 77.7 Å². The molecular weight excluding hydrogens is 356 g/mol. The van der Waals surface area contributed by atoms with Gasteiger partial charge in [0.1, 0.15) is 11.5 Å².